The molecule has 5 atom stereocenters. The molecule has 2 unspecified atom stereocenters. The van der Waals surface area contributed by atoms with Crippen LogP contribution in [0.15, 0.2) is 92.0 Å². The Morgan fingerprint density at radius 2 is 1.85 bits per heavy atom. The highest BCUT2D eigenvalue weighted by Gasteiger charge is 2.42. The molecule has 8 rings (SSSR count). The van der Waals surface area contributed by atoms with E-state index in [1.54, 1.807) is 14.2 Å². The van der Waals surface area contributed by atoms with Crippen molar-refractivity contribution in [3.63, 3.8) is 0 Å². The predicted molar refractivity (Wildman–Crippen MR) is 187 cm³/mol. The number of benzene rings is 3. The summed E-state index contributed by atoms with van der Waals surface area (Å²) in [7, 11) is 3.32. The van der Waals surface area contributed by atoms with Crippen LogP contribution in [0.25, 0.3) is 27.9 Å². The van der Waals surface area contributed by atoms with Gasteiger partial charge < -0.3 is 19.3 Å². The molecule has 0 amide bonds. The van der Waals surface area contributed by atoms with Gasteiger partial charge in [0.15, 0.2) is 0 Å². The van der Waals surface area contributed by atoms with E-state index in [9.17, 15) is 5.11 Å². The Bertz CT molecular complexity index is 1960. The van der Waals surface area contributed by atoms with Crippen LogP contribution >= 0.6 is 0 Å². The first-order chi connectivity index (χ1) is 23.0. The first-order valence-corrected chi connectivity index (χ1v) is 16.3. The van der Waals surface area contributed by atoms with E-state index in [0.29, 0.717) is 36.5 Å². The van der Waals surface area contributed by atoms with Crippen LogP contribution in [-0.2, 0) is 13.0 Å². The zero-order valence-corrected chi connectivity index (χ0v) is 27.1. The molecule has 0 saturated carbocycles. The van der Waals surface area contributed by atoms with E-state index < -0.39 is 6.10 Å². The highest BCUT2D eigenvalue weighted by molar-refractivity contribution is 5.94. The number of aliphatic hydroxyl groups excluding tert-OH is 1. The van der Waals surface area contributed by atoms with Crippen LogP contribution in [0.2, 0.25) is 0 Å². The molecule has 1 N–H and O–H groups in total. The second-order valence-corrected chi connectivity index (χ2v) is 12.6. The lowest BCUT2D eigenvalue weighted by Gasteiger charge is -2.50. The van der Waals surface area contributed by atoms with Gasteiger partial charge in [-0.1, -0.05) is 49.1 Å². The molecule has 3 aromatic carbocycles. The van der Waals surface area contributed by atoms with Crippen LogP contribution in [-0.4, -0.2) is 53.3 Å². The highest BCUT2D eigenvalue weighted by Crippen LogP contribution is 2.43. The number of fused-ring (bicyclic) bond motifs is 5. The number of para-hydroxylation sites is 1. The average Bonchev–Trinajstić information content (AvgIpc) is 3.12. The number of piperidine rings is 3. The zero-order chi connectivity index (χ0) is 32.5. The van der Waals surface area contributed by atoms with Gasteiger partial charge in [0.05, 0.1) is 31.4 Å². The van der Waals surface area contributed by atoms with Crippen molar-refractivity contribution in [3.05, 3.63) is 120 Å². The van der Waals surface area contributed by atoms with E-state index in [-0.39, 0.29) is 6.04 Å². The number of aliphatic hydroxyl groups is 1. The highest BCUT2D eigenvalue weighted by atomic mass is 16.5. The SMILES string of the molecule is C=Cc1c(OC)ccc2nc(Cc3cc(OCc4cccc(OC)c4)nc4ccccc34)cc([C@@H](O)[C@@H]3CC4CCN3C[C@@H]4C=C)c12. The number of ether oxygens (including phenoxy) is 3. The molecule has 5 aromatic rings. The molecule has 2 aromatic heterocycles. The van der Waals surface area contributed by atoms with E-state index in [0.717, 1.165) is 81.4 Å². The standard InChI is InChI=1S/C40H41N3O4/c1-5-26-23-43-17-16-27(26)20-36(43)40(44)33-22-29(41-35-14-15-37(46-4)31(6-2)39(33)35)19-28-21-38(42-34-13-8-7-12-32(28)34)47-24-25-10-9-11-30(18-25)45-3/h5-15,18,21-22,26-27,36,40,44H,1-2,16-17,19-20,23-24H2,3-4H3/t26-,27?,36-,40+/m0/s1. The smallest absolute Gasteiger partial charge is 0.214 e. The van der Waals surface area contributed by atoms with Crippen molar-refractivity contribution in [1.82, 2.24) is 14.9 Å². The predicted octanol–water partition coefficient (Wildman–Crippen LogP) is 7.54. The molecule has 3 aliphatic rings. The number of nitrogens with zero attached hydrogens (tertiary/aromatic N) is 3. The first kappa shape index (κ1) is 30.9. The summed E-state index contributed by atoms with van der Waals surface area (Å²) in [5.74, 6) is 3.06. The van der Waals surface area contributed by atoms with Crippen LogP contribution in [0.5, 0.6) is 17.4 Å². The Morgan fingerprint density at radius 3 is 2.62 bits per heavy atom. The van der Waals surface area contributed by atoms with Gasteiger partial charge in [0, 0.05) is 47.1 Å². The van der Waals surface area contributed by atoms with Crippen molar-refractivity contribution in [3.8, 4) is 17.4 Å². The Balaban J connectivity index is 1.28. The number of aromatic nitrogens is 2. The topological polar surface area (TPSA) is 76.9 Å². The van der Waals surface area contributed by atoms with Crippen molar-refractivity contribution in [2.45, 2.75) is 38.0 Å². The van der Waals surface area contributed by atoms with E-state index >= 15 is 0 Å². The van der Waals surface area contributed by atoms with Crippen LogP contribution in [0.3, 0.4) is 0 Å². The van der Waals surface area contributed by atoms with Crippen molar-refractivity contribution < 1.29 is 19.3 Å². The number of methoxy groups -OCH3 is 2. The number of pyridine rings is 2. The lowest BCUT2D eigenvalue weighted by atomic mass is 9.73. The van der Waals surface area contributed by atoms with E-state index in [1.165, 1.54) is 0 Å². The Hall–Kier alpha value is -4.72. The second kappa shape index (κ2) is 13.2. The molecular formula is C40H41N3O4. The van der Waals surface area contributed by atoms with Gasteiger partial charge in [-0.2, -0.15) is 0 Å². The maximum atomic E-state index is 12.2. The molecule has 0 spiro atoms. The van der Waals surface area contributed by atoms with Crippen LogP contribution in [0, 0.1) is 11.8 Å². The third-order valence-corrected chi connectivity index (χ3v) is 9.99. The minimum Gasteiger partial charge on any atom is -0.497 e. The Morgan fingerprint density at radius 1 is 0.979 bits per heavy atom. The van der Waals surface area contributed by atoms with Gasteiger partial charge >= 0.3 is 0 Å². The van der Waals surface area contributed by atoms with Crippen LogP contribution < -0.4 is 14.2 Å². The molecule has 3 saturated heterocycles. The van der Waals surface area contributed by atoms with Gasteiger partial charge in [-0.15, -0.1) is 6.58 Å². The molecule has 5 heterocycles. The monoisotopic (exact) mass is 627 g/mol. The average molecular weight is 628 g/mol. The summed E-state index contributed by atoms with van der Waals surface area (Å²) in [5.41, 5.74) is 6.28. The van der Waals surface area contributed by atoms with Crippen molar-refractivity contribution in [1.29, 1.82) is 0 Å². The summed E-state index contributed by atoms with van der Waals surface area (Å²) in [4.78, 5) is 12.4. The van der Waals surface area contributed by atoms with Crippen molar-refractivity contribution in [2.24, 2.45) is 11.8 Å². The Kier molecular flexibility index (Phi) is 8.67. The summed E-state index contributed by atoms with van der Waals surface area (Å²) in [5, 5.41) is 14.1. The molecule has 3 aliphatic heterocycles. The quantitative estimate of drug-likeness (QED) is 0.152. The fourth-order valence-corrected chi connectivity index (χ4v) is 7.60. The molecule has 7 nitrogen and oxygen atoms in total. The number of hydrogen-bond donors (Lipinski definition) is 1. The minimum absolute atomic E-state index is 0.0191. The van der Waals surface area contributed by atoms with Gasteiger partial charge in [-0.25, -0.2) is 4.98 Å². The van der Waals surface area contributed by atoms with Gasteiger partial charge in [0.1, 0.15) is 18.1 Å². The number of hydrogen-bond acceptors (Lipinski definition) is 7. The van der Waals surface area contributed by atoms with Crippen LogP contribution in [0.4, 0.5) is 0 Å². The van der Waals surface area contributed by atoms with Crippen LogP contribution in [0.1, 0.15) is 46.9 Å². The molecular weight excluding hydrogens is 586 g/mol. The second-order valence-electron chi connectivity index (χ2n) is 12.6. The fraction of sp³-hybridized carbons (Fsp3) is 0.300. The van der Waals surface area contributed by atoms with E-state index in [2.05, 4.69) is 36.3 Å². The molecule has 7 heteroatoms. The van der Waals surface area contributed by atoms with E-state index in [1.807, 2.05) is 66.7 Å². The summed E-state index contributed by atoms with van der Waals surface area (Å²) in [6.07, 6.45) is 5.82. The zero-order valence-electron chi connectivity index (χ0n) is 27.1. The third-order valence-electron chi connectivity index (χ3n) is 9.99. The van der Waals surface area contributed by atoms with E-state index in [4.69, 9.17) is 24.2 Å². The summed E-state index contributed by atoms with van der Waals surface area (Å²) < 4.78 is 17.3. The number of rotatable bonds is 11. The third kappa shape index (κ3) is 5.97. The first-order valence-electron chi connectivity index (χ1n) is 16.3. The molecule has 0 radical (unpaired) electrons. The van der Waals surface area contributed by atoms with Crippen molar-refractivity contribution in [2.75, 3.05) is 27.3 Å². The Labute approximate surface area is 276 Å². The van der Waals surface area contributed by atoms with Gasteiger partial charge in [0.2, 0.25) is 5.88 Å². The molecule has 240 valence electrons. The minimum atomic E-state index is -0.699. The maximum absolute atomic E-state index is 12.2. The molecule has 3 fully saturated rings. The normalized spacial score (nSPS) is 21.0. The summed E-state index contributed by atoms with van der Waals surface area (Å²) >= 11 is 0. The van der Waals surface area contributed by atoms with Crippen molar-refractivity contribution >= 4 is 27.9 Å². The fourth-order valence-electron chi connectivity index (χ4n) is 7.60. The maximum Gasteiger partial charge on any atom is 0.214 e. The van der Waals surface area contributed by atoms with Gasteiger partial charge in [0.25, 0.3) is 0 Å². The largest absolute Gasteiger partial charge is 0.497 e. The van der Waals surface area contributed by atoms with Gasteiger partial charge in [-0.05, 0) is 84.3 Å². The summed E-state index contributed by atoms with van der Waals surface area (Å²) in [6.45, 7) is 10.5. The van der Waals surface area contributed by atoms with Gasteiger partial charge in [-0.3, -0.25) is 9.88 Å². The lowest BCUT2D eigenvalue weighted by molar-refractivity contribution is -0.0445. The lowest BCUT2D eigenvalue weighted by Crippen LogP contribution is -2.54. The molecule has 0 aliphatic carbocycles. The molecule has 2 bridgehead atoms. The molecule has 47 heavy (non-hydrogen) atoms. The summed E-state index contributed by atoms with van der Waals surface area (Å²) in [6, 6.07) is 24.0.